The molecule has 0 spiro atoms. The Morgan fingerprint density at radius 3 is 2.22 bits per heavy atom. The number of hydrogen-bond donors (Lipinski definition) is 0. The van der Waals surface area contributed by atoms with Gasteiger partial charge in [-0.1, -0.05) is 23.7 Å². The number of rotatable bonds is 5. The second-order valence-electron chi connectivity index (χ2n) is 5.09. The van der Waals surface area contributed by atoms with Gasteiger partial charge in [0.15, 0.2) is 9.84 Å². The number of carbonyl (C=O) groups excluding carboxylic acids is 1. The quantitative estimate of drug-likeness (QED) is 0.828. The molecule has 0 unspecified atom stereocenters. The van der Waals surface area contributed by atoms with Crippen LogP contribution in [0.4, 0.5) is 4.39 Å². The van der Waals surface area contributed by atoms with Gasteiger partial charge in [0.2, 0.25) is 5.91 Å². The third kappa shape index (κ3) is 4.77. The van der Waals surface area contributed by atoms with Crippen LogP contribution < -0.4 is 0 Å². The van der Waals surface area contributed by atoms with Crippen LogP contribution >= 0.6 is 11.6 Å². The van der Waals surface area contributed by atoms with E-state index < -0.39 is 21.5 Å². The third-order valence-corrected chi connectivity index (χ3v) is 5.11. The van der Waals surface area contributed by atoms with Crippen molar-refractivity contribution in [2.75, 3.05) is 12.8 Å². The van der Waals surface area contributed by atoms with Crippen LogP contribution in [0.3, 0.4) is 0 Å². The monoisotopic (exact) mass is 355 g/mol. The standard InChI is InChI=1S/C16H15ClFNO3S/c1-19(10-12-2-6-14(18)7-3-12)16(20)11-23(21,22)15-8-4-13(17)5-9-15/h2-9H,10-11H2,1H3. The largest absolute Gasteiger partial charge is 0.341 e. The second kappa shape index (κ2) is 7.10. The van der Waals surface area contributed by atoms with Crippen LogP contribution in [0.5, 0.6) is 0 Å². The highest BCUT2D eigenvalue weighted by Crippen LogP contribution is 2.16. The summed E-state index contributed by atoms with van der Waals surface area (Å²) < 4.78 is 37.3. The van der Waals surface area contributed by atoms with Gasteiger partial charge in [-0.25, -0.2) is 12.8 Å². The van der Waals surface area contributed by atoms with Crippen molar-refractivity contribution in [1.82, 2.24) is 4.90 Å². The van der Waals surface area contributed by atoms with Gasteiger partial charge < -0.3 is 4.90 Å². The Morgan fingerprint density at radius 2 is 1.65 bits per heavy atom. The Kier molecular flexibility index (Phi) is 5.38. The molecule has 0 aromatic heterocycles. The van der Waals surface area contributed by atoms with Crippen molar-refractivity contribution in [2.45, 2.75) is 11.4 Å². The highest BCUT2D eigenvalue weighted by molar-refractivity contribution is 7.92. The normalized spacial score (nSPS) is 11.3. The molecule has 122 valence electrons. The second-order valence-corrected chi connectivity index (χ2v) is 7.52. The molecule has 0 N–H and O–H groups in total. The Balaban J connectivity index is 2.05. The molecule has 2 aromatic carbocycles. The molecular formula is C16H15ClFNO3S. The minimum Gasteiger partial charge on any atom is -0.341 e. The predicted octanol–water partition coefficient (Wildman–Crippen LogP) is 2.91. The Morgan fingerprint density at radius 1 is 1.09 bits per heavy atom. The van der Waals surface area contributed by atoms with Gasteiger partial charge in [0, 0.05) is 18.6 Å². The number of sulfone groups is 1. The van der Waals surface area contributed by atoms with E-state index in [4.69, 9.17) is 11.6 Å². The van der Waals surface area contributed by atoms with Crippen molar-refractivity contribution in [3.05, 3.63) is 64.9 Å². The van der Waals surface area contributed by atoms with E-state index in [2.05, 4.69) is 0 Å². The van der Waals surface area contributed by atoms with Gasteiger partial charge in [-0.2, -0.15) is 0 Å². The van der Waals surface area contributed by atoms with Gasteiger partial charge in [0.1, 0.15) is 11.6 Å². The summed E-state index contributed by atoms with van der Waals surface area (Å²) >= 11 is 5.72. The van der Waals surface area contributed by atoms with E-state index in [0.717, 1.165) is 0 Å². The molecule has 0 bridgehead atoms. The van der Waals surface area contributed by atoms with Crippen molar-refractivity contribution in [2.24, 2.45) is 0 Å². The van der Waals surface area contributed by atoms with Crippen molar-refractivity contribution < 1.29 is 17.6 Å². The number of amides is 1. The molecule has 0 radical (unpaired) electrons. The van der Waals surface area contributed by atoms with Gasteiger partial charge in [0.25, 0.3) is 0 Å². The number of carbonyl (C=O) groups is 1. The zero-order valence-electron chi connectivity index (χ0n) is 12.4. The smallest absolute Gasteiger partial charge is 0.238 e. The fourth-order valence-electron chi connectivity index (χ4n) is 1.95. The topological polar surface area (TPSA) is 54.5 Å². The first-order valence-electron chi connectivity index (χ1n) is 6.75. The number of nitrogens with zero attached hydrogens (tertiary/aromatic N) is 1. The van der Waals surface area contributed by atoms with Crippen LogP contribution in [0, 0.1) is 5.82 Å². The molecule has 0 heterocycles. The lowest BCUT2D eigenvalue weighted by Crippen LogP contribution is -2.32. The van der Waals surface area contributed by atoms with E-state index in [9.17, 15) is 17.6 Å². The average Bonchev–Trinajstić information content (AvgIpc) is 2.49. The summed E-state index contributed by atoms with van der Waals surface area (Å²) in [5, 5.41) is 0.420. The molecule has 0 fully saturated rings. The summed E-state index contributed by atoms with van der Waals surface area (Å²) in [6.45, 7) is 0.204. The van der Waals surface area contributed by atoms with E-state index in [1.807, 2.05) is 0 Å². The maximum absolute atomic E-state index is 12.9. The summed E-state index contributed by atoms with van der Waals surface area (Å²) in [7, 11) is -2.23. The molecular weight excluding hydrogens is 341 g/mol. The molecule has 0 aliphatic carbocycles. The first-order chi connectivity index (χ1) is 10.8. The summed E-state index contributed by atoms with van der Waals surface area (Å²) in [4.78, 5) is 13.5. The minimum absolute atomic E-state index is 0.0467. The summed E-state index contributed by atoms with van der Waals surface area (Å²) in [6.07, 6.45) is 0. The van der Waals surface area contributed by atoms with E-state index in [0.29, 0.717) is 10.6 Å². The minimum atomic E-state index is -3.73. The van der Waals surface area contributed by atoms with Crippen molar-refractivity contribution in [3.63, 3.8) is 0 Å². The van der Waals surface area contributed by atoms with Crippen LogP contribution in [0.1, 0.15) is 5.56 Å². The third-order valence-electron chi connectivity index (χ3n) is 3.25. The molecule has 0 saturated carbocycles. The highest BCUT2D eigenvalue weighted by Gasteiger charge is 2.21. The Hall–Kier alpha value is -1.92. The molecule has 0 aliphatic rings. The van der Waals surface area contributed by atoms with Gasteiger partial charge in [-0.05, 0) is 42.0 Å². The number of benzene rings is 2. The Labute approximate surface area is 139 Å². The predicted molar refractivity (Wildman–Crippen MR) is 86.4 cm³/mol. The van der Waals surface area contributed by atoms with Crippen molar-refractivity contribution in [1.29, 1.82) is 0 Å². The summed E-state index contributed by atoms with van der Waals surface area (Å²) in [5.41, 5.74) is 0.714. The van der Waals surface area contributed by atoms with Crippen LogP contribution in [0.2, 0.25) is 5.02 Å². The van der Waals surface area contributed by atoms with E-state index in [1.165, 1.54) is 48.3 Å². The molecule has 0 aliphatic heterocycles. The molecule has 0 saturated heterocycles. The van der Waals surface area contributed by atoms with Gasteiger partial charge in [-0.3, -0.25) is 4.79 Å². The lowest BCUT2D eigenvalue weighted by molar-refractivity contribution is -0.127. The van der Waals surface area contributed by atoms with Crippen LogP contribution in [-0.2, 0) is 21.2 Å². The van der Waals surface area contributed by atoms with Crippen LogP contribution in [0.15, 0.2) is 53.4 Å². The number of halogens is 2. The lowest BCUT2D eigenvalue weighted by Gasteiger charge is -2.17. The molecule has 4 nitrogen and oxygen atoms in total. The molecule has 1 amide bonds. The zero-order valence-corrected chi connectivity index (χ0v) is 13.9. The highest BCUT2D eigenvalue weighted by atomic mass is 35.5. The average molecular weight is 356 g/mol. The number of hydrogen-bond acceptors (Lipinski definition) is 3. The first kappa shape index (κ1) is 17.4. The first-order valence-corrected chi connectivity index (χ1v) is 8.78. The SMILES string of the molecule is CN(Cc1ccc(F)cc1)C(=O)CS(=O)(=O)c1ccc(Cl)cc1. The molecule has 7 heteroatoms. The zero-order chi connectivity index (χ0) is 17.0. The van der Waals surface area contributed by atoms with Crippen molar-refractivity contribution >= 4 is 27.3 Å². The van der Waals surface area contributed by atoms with Crippen LogP contribution in [0.25, 0.3) is 0 Å². The lowest BCUT2D eigenvalue weighted by atomic mass is 10.2. The molecule has 23 heavy (non-hydrogen) atoms. The van der Waals surface area contributed by atoms with Crippen molar-refractivity contribution in [3.8, 4) is 0 Å². The molecule has 0 atom stereocenters. The maximum Gasteiger partial charge on any atom is 0.238 e. The summed E-state index contributed by atoms with van der Waals surface area (Å²) in [5.74, 6) is -1.54. The molecule has 2 aromatic rings. The van der Waals surface area contributed by atoms with Crippen LogP contribution in [-0.4, -0.2) is 32.0 Å². The van der Waals surface area contributed by atoms with Gasteiger partial charge in [-0.15, -0.1) is 0 Å². The van der Waals surface area contributed by atoms with E-state index in [1.54, 1.807) is 12.1 Å². The van der Waals surface area contributed by atoms with Gasteiger partial charge in [0.05, 0.1) is 4.90 Å². The van der Waals surface area contributed by atoms with Gasteiger partial charge >= 0.3 is 0 Å². The fourth-order valence-corrected chi connectivity index (χ4v) is 3.34. The fraction of sp³-hybridized carbons (Fsp3) is 0.188. The Bertz CT molecular complexity index is 789. The van der Waals surface area contributed by atoms with E-state index >= 15 is 0 Å². The summed E-state index contributed by atoms with van der Waals surface area (Å²) in [6, 6.07) is 11.3. The molecule has 2 rings (SSSR count). The van der Waals surface area contributed by atoms with E-state index in [-0.39, 0.29) is 17.3 Å². The maximum atomic E-state index is 12.9.